The summed E-state index contributed by atoms with van der Waals surface area (Å²) in [6, 6.07) is 13.2. The van der Waals surface area contributed by atoms with Gasteiger partial charge in [-0.15, -0.1) is 0 Å². The predicted molar refractivity (Wildman–Crippen MR) is 92.4 cm³/mol. The minimum absolute atomic E-state index is 0.205. The van der Waals surface area contributed by atoms with Crippen LogP contribution in [0.3, 0.4) is 0 Å². The van der Waals surface area contributed by atoms with E-state index in [-0.39, 0.29) is 10.8 Å². The first-order valence-electron chi connectivity index (χ1n) is 6.79. The average molecular weight is 398 g/mol. The second-order valence-corrected chi connectivity index (χ2v) is 7.93. The molecule has 0 aromatic heterocycles. The maximum absolute atomic E-state index is 12.1. The summed E-state index contributed by atoms with van der Waals surface area (Å²) >= 11 is 3.33. The van der Waals surface area contributed by atoms with Crippen molar-refractivity contribution in [3.8, 4) is 5.75 Å². The van der Waals surface area contributed by atoms with E-state index in [1.165, 1.54) is 24.3 Å². The number of carbonyl (C=O) groups is 1. The number of hydrogen-bond acceptors (Lipinski definition) is 4. The Kier molecular flexibility index (Phi) is 5.43. The largest absolute Gasteiger partial charge is 0.481 e. The number of amides is 1. The Morgan fingerprint density at radius 3 is 2.39 bits per heavy atom. The molecule has 0 saturated carbocycles. The maximum atomic E-state index is 12.1. The highest BCUT2D eigenvalue weighted by molar-refractivity contribution is 9.10. The standard InChI is InChI=1S/C16H16BrNO4S/c1-11(16(19)18-13-5-3-4-12(17)10-13)22-14-6-8-15(9-7-14)23(2,20)21/h3-11H,1-2H3,(H,18,19). The molecule has 5 nitrogen and oxygen atoms in total. The molecule has 1 atom stereocenters. The molecular formula is C16H16BrNO4S. The highest BCUT2D eigenvalue weighted by atomic mass is 79.9. The molecule has 0 aliphatic carbocycles. The fourth-order valence-corrected chi connectivity index (χ4v) is 2.86. The van der Waals surface area contributed by atoms with Crippen LogP contribution >= 0.6 is 15.9 Å². The lowest BCUT2D eigenvalue weighted by atomic mass is 10.3. The summed E-state index contributed by atoms with van der Waals surface area (Å²) in [7, 11) is -3.25. The maximum Gasteiger partial charge on any atom is 0.265 e. The number of ether oxygens (including phenoxy) is 1. The van der Waals surface area contributed by atoms with Crippen LogP contribution in [0.4, 0.5) is 5.69 Å². The van der Waals surface area contributed by atoms with Gasteiger partial charge >= 0.3 is 0 Å². The summed E-state index contributed by atoms with van der Waals surface area (Å²) in [6.07, 6.45) is 0.412. The van der Waals surface area contributed by atoms with E-state index in [1.54, 1.807) is 19.1 Å². The van der Waals surface area contributed by atoms with Crippen molar-refractivity contribution in [1.82, 2.24) is 0 Å². The molecule has 0 bridgehead atoms. The Labute approximate surface area is 143 Å². The molecule has 2 aromatic rings. The summed E-state index contributed by atoms with van der Waals surface area (Å²) < 4.78 is 29.2. The smallest absolute Gasteiger partial charge is 0.265 e. The van der Waals surface area contributed by atoms with Crippen LogP contribution in [0.5, 0.6) is 5.75 Å². The van der Waals surface area contributed by atoms with E-state index in [9.17, 15) is 13.2 Å². The van der Waals surface area contributed by atoms with Gasteiger partial charge in [-0.3, -0.25) is 4.79 Å². The average Bonchev–Trinajstić information content (AvgIpc) is 2.46. The SMILES string of the molecule is CC(Oc1ccc(S(C)(=O)=O)cc1)C(=O)Nc1cccc(Br)c1. The molecule has 1 N–H and O–H groups in total. The Morgan fingerprint density at radius 2 is 1.83 bits per heavy atom. The number of benzene rings is 2. The van der Waals surface area contributed by atoms with Crippen molar-refractivity contribution in [1.29, 1.82) is 0 Å². The Bertz CT molecular complexity index is 803. The first-order valence-corrected chi connectivity index (χ1v) is 9.47. The Hall–Kier alpha value is -1.86. The Morgan fingerprint density at radius 1 is 1.17 bits per heavy atom. The lowest BCUT2D eigenvalue weighted by Crippen LogP contribution is -2.30. The molecule has 2 rings (SSSR count). The summed E-state index contributed by atoms with van der Waals surface area (Å²) in [5.74, 6) is 0.129. The third kappa shape index (κ3) is 5.07. The molecule has 0 aliphatic rings. The highest BCUT2D eigenvalue weighted by Gasteiger charge is 2.15. The van der Waals surface area contributed by atoms with Gasteiger partial charge < -0.3 is 10.1 Å². The Balaban J connectivity index is 2.01. The predicted octanol–water partition coefficient (Wildman–Crippen LogP) is 3.26. The monoisotopic (exact) mass is 397 g/mol. The zero-order valence-corrected chi connectivity index (χ0v) is 15.0. The van der Waals surface area contributed by atoms with Crippen LogP contribution in [-0.2, 0) is 14.6 Å². The van der Waals surface area contributed by atoms with Crippen molar-refractivity contribution in [3.05, 3.63) is 53.0 Å². The van der Waals surface area contributed by atoms with Gasteiger partial charge in [0.15, 0.2) is 15.9 Å². The van der Waals surface area contributed by atoms with Crippen molar-refractivity contribution in [2.45, 2.75) is 17.9 Å². The summed E-state index contributed by atoms with van der Waals surface area (Å²) in [5.41, 5.74) is 0.659. The quantitative estimate of drug-likeness (QED) is 0.839. The van der Waals surface area contributed by atoms with Crippen molar-refractivity contribution < 1.29 is 17.9 Å². The molecule has 1 unspecified atom stereocenters. The zero-order chi connectivity index (χ0) is 17.0. The van der Waals surface area contributed by atoms with Gasteiger partial charge in [0.2, 0.25) is 0 Å². The molecule has 23 heavy (non-hydrogen) atoms. The molecule has 1 amide bonds. The van der Waals surface area contributed by atoms with Gasteiger partial charge in [-0.1, -0.05) is 22.0 Å². The van der Waals surface area contributed by atoms with Crippen LogP contribution in [0.25, 0.3) is 0 Å². The highest BCUT2D eigenvalue weighted by Crippen LogP contribution is 2.19. The molecule has 122 valence electrons. The lowest BCUT2D eigenvalue weighted by molar-refractivity contribution is -0.122. The van der Waals surface area contributed by atoms with Gasteiger partial charge in [-0.2, -0.15) is 0 Å². The van der Waals surface area contributed by atoms with E-state index in [4.69, 9.17) is 4.74 Å². The lowest BCUT2D eigenvalue weighted by Gasteiger charge is -2.15. The van der Waals surface area contributed by atoms with Gasteiger partial charge in [-0.05, 0) is 49.4 Å². The minimum Gasteiger partial charge on any atom is -0.481 e. The van der Waals surface area contributed by atoms with Crippen molar-refractivity contribution in [2.24, 2.45) is 0 Å². The van der Waals surface area contributed by atoms with Gasteiger partial charge in [0, 0.05) is 16.4 Å². The van der Waals surface area contributed by atoms with Crippen LogP contribution in [-0.4, -0.2) is 26.7 Å². The number of nitrogens with one attached hydrogen (secondary N) is 1. The molecule has 7 heteroatoms. The molecule has 0 heterocycles. The van der Waals surface area contributed by atoms with E-state index >= 15 is 0 Å². The van der Waals surface area contributed by atoms with Crippen molar-refractivity contribution >= 4 is 37.4 Å². The molecule has 0 spiro atoms. The zero-order valence-electron chi connectivity index (χ0n) is 12.6. The van der Waals surface area contributed by atoms with E-state index in [1.807, 2.05) is 12.1 Å². The van der Waals surface area contributed by atoms with Crippen LogP contribution in [0.15, 0.2) is 57.9 Å². The van der Waals surface area contributed by atoms with E-state index in [0.29, 0.717) is 11.4 Å². The number of hydrogen-bond donors (Lipinski definition) is 1. The van der Waals surface area contributed by atoms with Crippen LogP contribution in [0.2, 0.25) is 0 Å². The van der Waals surface area contributed by atoms with Gasteiger partial charge in [0.1, 0.15) is 5.75 Å². The van der Waals surface area contributed by atoms with Crippen molar-refractivity contribution in [2.75, 3.05) is 11.6 Å². The molecule has 0 aliphatic heterocycles. The normalized spacial score (nSPS) is 12.5. The third-order valence-corrected chi connectivity index (χ3v) is 4.65. The number of halogens is 1. The molecule has 0 radical (unpaired) electrons. The third-order valence-electron chi connectivity index (χ3n) is 3.03. The van der Waals surface area contributed by atoms with Gasteiger partial charge in [0.25, 0.3) is 5.91 Å². The van der Waals surface area contributed by atoms with E-state index in [2.05, 4.69) is 21.2 Å². The number of rotatable bonds is 5. The van der Waals surface area contributed by atoms with Gasteiger partial charge in [-0.25, -0.2) is 8.42 Å². The summed E-state index contributed by atoms with van der Waals surface area (Å²) in [5, 5.41) is 2.75. The van der Waals surface area contributed by atoms with E-state index < -0.39 is 15.9 Å². The van der Waals surface area contributed by atoms with Crippen LogP contribution < -0.4 is 10.1 Å². The number of sulfone groups is 1. The number of carbonyl (C=O) groups excluding carboxylic acids is 1. The van der Waals surface area contributed by atoms with Crippen LogP contribution in [0, 0.1) is 0 Å². The fourth-order valence-electron chi connectivity index (χ4n) is 1.83. The summed E-state index contributed by atoms with van der Waals surface area (Å²) in [4.78, 5) is 12.3. The molecule has 0 fully saturated rings. The topological polar surface area (TPSA) is 72.5 Å². The first-order chi connectivity index (χ1) is 10.8. The summed E-state index contributed by atoms with van der Waals surface area (Å²) in [6.45, 7) is 1.62. The molecule has 2 aromatic carbocycles. The van der Waals surface area contributed by atoms with Crippen LogP contribution in [0.1, 0.15) is 6.92 Å². The van der Waals surface area contributed by atoms with Gasteiger partial charge in [0.05, 0.1) is 4.90 Å². The molecular weight excluding hydrogens is 382 g/mol. The van der Waals surface area contributed by atoms with E-state index in [0.717, 1.165) is 10.7 Å². The molecule has 0 saturated heterocycles. The fraction of sp³-hybridized carbons (Fsp3) is 0.188. The van der Waals surface area contributed by atoms with Crippen molar-refractivity contribution in [3.63, 3.8) is 0 Å². The second-order valence-electron chi connectivity index (χ2n) is 5.00. The first kappa shape index (κ1) is 17.5. The number of anilines is 1. The minimum atomic E-state index is -3.25. The second kappa shape index (κ2) is 7.14.